The van der Waals surface area contributed by atoms with Crippen LogP contribution in [0.4, 0.5) is 5.69 Å². The number of hydrogen-bond acceptors (Lipinski definition) is 5. The number of rotatable bonds is 6. The molecule has 0 aliphatic carbocycles. The molecule has 2 amide bonds. The quantitative estimate of drug-likeness (QED) is 0.699. The van der Waals surface area contributed by atoms with Gasteiger partial charge in [0.1, 0.15) is 5.75 Å². The van der Waals surface area contributed by atoms with Gasteiger partial charge >= 0.3 is 0 Å². The lowest BCUT2D eigenvalue weighted by Crippen LogP contribution is -2.53. The number of carbonyl (C=O) groups is 2. The smallest absolute Gasteiger partial charge is 0.243 e. The van der Waals surface area contributed by atoms with Crippen molar-refractivity contribution in [2.45, 2.75) is 19.9 Å². The minimum absolute atomic E-state index is 0.0591. The van der Waals surface area contributed by atoms with Crippen molar-refractivity contribution in [1.29, 1.82) is 0 Å². The van der Waals surface area contributed by atoms with E-state index in [1.165, 1.54) is 0 Å². The normalized spacial score (nSPS) is 18.0. The Morgan fingerprint density at radius 1 is 1.38 bits per heavy atom. The van der Waals surface area contributed by atoms with Crippen molar-refractivity contribution in [3.05, 3.63) is 23.8 Å². The largest absolute Gasteiger partial charge is 0.495 e. The van der Waals surface area contributed by atoms with Gasteiger partial charge < -0.3 is 20.7 Å². The highest BCUT2D eigenvalue weighted by molar-refractivity contribution is 5.96. The number of benzene rings is 1. The van der Waals surface area contributed by atoms with Gasteiger partial charge in [-0.3, -0.25) is 14.5 Å². The van der Waals surface area contributed by atoms with Crippen LogP contribution >= 0.6 is 0 Å². The average molecular weight is 334 g/mol. The predicted molar refractivity (Wildman–Crippen MR) is 93.3 cm³/mol. The van der Waals surface area contributed by atoms with E-state index in [4.69, 9.17) is 4.74 Å². The molecule has 0 unspecified atom stereocenters. The molecule has 1 heterocycles. The number of amides is 2. The molecular formula is C17H26N4O3. The summed E-state index contributed by atoms with van der Waals surface area (Å²) in [5, 5.41) is 8.72. The second kappa shape index (κ2) is 8.65. The number of carbonyl (C=O) groups excluding carboxylic acids is 2. The number of aryl methyl sites for hydroxylation is 1. The van der Waals surface area contributed by atoms with E-state index in [0.717, 1.165) is 25.2 Å². The molecule has 0 spiro atoms. The fourth-order valence-electron chi connectivity index (χ4n) is 2.65. The molecule has 1 atom stereocenters. The number of nitrogens with one attached hydrogen (secondary N) is 3. The monoisotopic (exact) mass is 334 g/mol. The van der Waals surface area contributed by atoms with E-state index in [9.17, 15) is 9.59 Å². The van der Waals surface area contributed by atoms with Crippen LogP contribution in [-0.2, 0) is 9.59 Å². The summed E-state index contributed by atoms with van der Waals surface area (Å²) in [6.45, 7) is 6.86. The molecule has 7 heteroatoms. The van der Waals surface area contributed by atoms with Crippen LogP contribution in [0.2, 0.25) is 0 Å². The molecule has 132 valence electrons. The average Bonchev–Trinajstić information content (AvgIpc) is 2.55. The van der Waals surface area contributed by atoms with E-state index in [-0.39, 0.29) is 18.4 Å². The Labute approximate surface area is 142 Å². The zero-order chi connectivity index (χ0) is 17.5. The maximum atomic E-state index is 12.0. The van der Waals surface area contributed by atoms with Gasteiger partial charge in [-0.1, -0.05) is 6.07 Å². The molecule has 7 nitrogen and oxygen atoms in total. The van der Waals surface area contributed by atoms with Gasteiger partial charge in [-0.15, -0.1) is 0 Å². The molecule has 0 aromatic heterocycles. The van der Waals surface area contributed by atoms with Crippen LogP contribution in [0.25, 0.3) is 0 Å². The molecule has 1 aromatic rings. The number of piperazine rings is 1. The number of nitrogens with zero attached hydrogens (tertiary/aromatic N) is 1. The van der Waals surface area contributed by atoms with Crippen LogP contribution < -0.4 is 20.7 Å². The topological polar surface area (TPSA) is 82.7 Å². The van der Waals surface area contributed by atoms with Crippen LogP contribution in [0, 0.1) is 6.92 Å². The summed E-state index contributed by atoms with van der Waals surface area (Å²) in [7, 11) is 1.55. The van der Waals surface area contributed by atoms with Crippen LogP contribution in [0.3, 0.4) is 0 Å². The third kappa shape index (κ3) is 5.21. The molecule has 1 aliphatic rings. The maximum absolute atomic E-state index is 12.0. The second-order valence-electron chi connectivity index (χ2n) is 6.05. The lowest BCUT2D eigenvalue weighted by Gasteiger charge is -2.33. The first-order valence-corrected chi connectivity index (χ1v) is 8.15. The van der Waals surface area contributed by atoms with Crippen molar-refractivity contribution in [2.24, 2.45) is 0 Å². The molecule has 3 N–H and O–H groups in total. The predicted octanol–water partition coefficient (Wildman–Crippen LogP) is 0.352. The Morgan fingerprint density at radius 3 is 2.88 bits per heavy atom. The summed E-state index contributed by atoms with van der Waals surface area (Å²) in [4.78, 5) is 26.2. The molecule has 1 fully saturated rings. The van der Waals surface area contributed by atoms with Gasteiger partial charge in [-0.05, 0) is 31.5 Å². The highest BCUT2D eigenvalue weighted by Crippen LogP contribution is 2.24. The molecule has 2 rings (SSSR count). The maximum Gasteiger partial charge on any atom is 0.243 e. The van der Waals surface area contributed by atoms with Crippen LogP contribution in [-0.4, -0.2) is 62.6 Å². The summed E-state index contributed by atoms with van der Waals surface area (Å²) < 4.78 is 5.22. The Morgan fingerprint density at radius 2 is 2.17 bits per heavy atom. The fourth-order valence-corrected chi connectivity index (χ4v) is 2.65. The zero-order valence-electron chi connectivity index (χ0n) is 14.5. The SMILES string of the molecule is COc1ccc(C)cc1NC(=O)CNC(=O)CN1CCNC[C@@H]1C. The highest BCUT2D eigenvalue weighted by atomic mass is 16.5. The molecule has 1 aliphatic heterocycles. The Balaban J connectivity index is 1.80. The first-order chi connectivity index (χ1) is 11.5. The van der Waals surface area contributed by atoms with Crippen LogP contribution in [0.5, 0.6) is 5.75 Å². The summed E-state index contributed by atoms with van der Waals surface area (Å²) in [6, 6.07) is 5.86. The first kappa shape index (κ1) is 18.2. The second-order valence-corrected chi connectivity index (χ2v) is 6.05. The minimum atomic E-state index is -0.277. The van der Waals surface area contributed by atoms with E-state index < -0.39 is 0 Å². The van der Waals surface area contributed by atoms with Gasteiger partial charge in [-0.25, -0.2) is 0 Å². The van der Waals surface area contributed by atoms with Gasteiger partial charge in [0, 0.05) is 25.7 Å². The number of ether oxygens (including phenoxy) is 1. The van der Waals surface area contributed by atoms with Crippen molar-refractivity contribution >= 4 is 17.5 Å². The summed E-state index contributed by atoms with van der Waals surface area (Å²) in [5.41, 5.74) is 1.62. The van der Waals surface area contributed by atoms with Gasteiger partial charge in [0.2, 0.25) is 11.8 Å². The van der Waals surface area contributed by atoms with E-state index in [2.05, 4.69) is 27.8 Å². The van der Waals surface area contributed by atoms with Crippen molar-refractivity contribution in [1.82, 2.24) is 15.5 Å². The number of hydrogen-bond donors (Lipinski definition) is 3. The lowest BCUT2D eigenvalue weighted by atomic mass is 10.2. The van der Waals surface area contributed by atoms with Crippen LogP contribution in [0.15, 0.2) is 18.2 Å². The van der Waals surface area contributed by atoms with Gasteiger partial charge in [-0.2, -0.15) is 0 Å². The van der Waals surface area contributed by atoms with E-state index in [1.807, 2.05) is 19.1 Å². The fraction of sp³-hybridized carbons (Fsp3) is 0.529. The third-order valence-corrected chi connectivity index (χ3v) is 4.06. The number of anilines is 1. The van der Waals surface area contributed by atoms with Gasteiger partial charge in [0.05, 0.1) is 25.9 Å². The lowest BCUT2D eigenvalue weighted by molar-refractivity contribution is -0.125. The summed E-state index contributed by atoms with van der Waals surface area (Å²) in [5.74, 6) is 0.172. The Hall–Kier alpha value is -2.12. The molecule has 1 aromatic carbocycles. The van der Waals surface area contributed by atoms with Crippen LogP contribution in [0.1, 0.15) is 12.5 Å². The third-order valence-electron chi connectivity index (χ3n) is 4.06. The standard InChI is InChI=1S/C17H26N4O3/c1-12-4-5-15(24-3)14(8-12)20-16(22)10-19-17(23)11-21-7-6-18-9-13(21)2/h4-5,8,13,18H,6-7,9-11H2,1-3H3,(H,19,23)(H,20,22)/t13-/m0/s1. The summed E-state index contributed by atoms with van der Waals surface area (Å²) in [6.07, 6.45) is 0. The highest BCUT2D eigenvalue weighted by Gasteiger charge is 2.20. The zero-order valence-corrected chi connectivity index (χ0v) is 14.5. The molecule has 1 saturated heterocycles. The molecule has 0 saturated carbocycles. The minimum Gasteiger partial charge on any atom is -0.495 e. The molecular weight excluding hydrogens is 308 g/mol. The van der Waals surface area contributed by atoms with E-state index in [1.54, 1.807) is 13.2 Å². The van der Waals surface area contributed by atoms with E-state index >= 15 is 0 Å². The van der Waals surface area contributed by atoms with Crippen molar-refractivity contribution in [3.63, 3.8) is 0 Å². The summed E-state index contributed by atoms with van der Waals surface area (Å²) >= 11 is 0. The molecule has 0 radical (unpaired) electrons. The van der Waals surface area contributed by atoms with Gasteiger partial charge in [0.15, 0.2) is 0 Å². The Kier molecular flexibility index (Phi) is 6.57. The molecule has 24 heavy (non-hydrogen) atoms. The van der Waals surface area contributed by atoms with Crippen molar-refractivity contribution in [2.75, 3.05) is 45.2 Å². The van der Waals surface area contributed by atoms with Crippen molar-refractivity contribution < 1.29 is 14.3 Å². The van der Waals surface area contributed by atoms with Gasteiger partial charge in [0.25, 0.3) is 0 Å². The van der Waals surface area contributed by atoms with Crippen molar-refractivity contribution in [3.8, 4) is 5.75 Å². The number of methoxy groups -OCH3 is 1. The first-order valence-electron chi connectivity index (χ1n) is 8.15. The Bertz CT molecular complexity index is 591. The van der Waals surface area contributed by atoms with E-state index in [0.29, 0.717) is 24.0 Å². The molecule has 0 bridgehead atoms.